The topological polar surface area (TPSA) is 80.6 Å². The number of likely N-dealkylation sites (tertiary alicyclic amines) is 1. The Kier molecular flexibility index (Phi) is 7.28. The number of ether oxygens (including phenoxy) is 1. The van der Waals surface area contributed by atoms with Gasteiger partial charge in [-0.05, 0) is 55.0 Å². The molecule has 1 aliphatic rings. The summed E-state index contributed by atoms with van der Waals surface area (Å²) in [4.78, 5) is 39.7. The minimum absolute atomic E-state index is 0.0295. The van der Waals surface area contributed by atoms with Crippen molar-refractivity contribution < 1.29 is 14.3 Å². The molecule has 1 amide bonds. The highest BCUT2D eigenvalue weighted by atomic mass is 16.5. The van der Waals surface area contributed by atoms with Crippen molar-refractivity contribution in [3.05, 3.63) is 63.6 Å². The number of rotatable bonds is 6. The molecule has 0 aliphatic carbocycles. The van der Waals surface area contributed by atoms with E-state index in [1.165, 1.54) is 11.7 Å². The fourth-order valence-corrected chi connectivity index (χ4v) is 3.88. The van der Waals surface area contributed by atoms with Crippen LogP contribution in [0.5, 0.6) is 0 Å². The van der Waals surface area contributed by atoms with Crippen molar-refractivity contribution in [3.8, 4) is 5.69 Å². The molecule has 0 radical (unpaired) electrons. The Labute approximate surface area is 183 Å². The fraction of sp³-hybridized carbons (Fsp3) is 0.458. The van der Waals surface area contributed by atoms with Crippen LogP contribution in [0.2, 0.25) is 0 Å². The van der Waals surface area contributed by atoms with Crippen LogP contribution in [-0.2, 0) is 9.53 Å². The number of methoxy groups -OCH3 is 1. The van der Waals surface area contributed by atoms with E-state index in [-0.39, 0.29) is 35.6 Å². The maximum Gasteiger partial charge on any atom is 0.319 e. The number of carbonyl (C=O) groups is 2. The van der Waals surface area contributed by atoms with Crippen molar-refractivity contribution in [1.82, 2.24) is 14.8 Å². The predicted octanol–water partition coefficient (Wildman–Crippen LogP) is 2.64. The summed E-state index contributed by atoms with van der Waals surface area (Å²) in [5.41, 5.74) is 2.40. The lowest BCUT2D eigenvalue weighted by molar-refractivity contribution is -0.142. The van der Waals surface area contributed by atoms with Gasteiger partial charge >= 0.3 is 5.97 Å². The summed E-state index contributed by atoms with van der Waals surface area (Å²) in [5.74, 6) is -0.262. The lowest BCUT2D eigenvalue weighted by Gasteiger charge is -2.31. The van der Waals surface area contributed by atoms with Gasteiger partial charge in [-0.1, -0.05) is 26.0 Å². The molecule has 0 spiro atoms. The minimum atomic E-state index is -0.344. The van der Waals surface area contributed by atoms with Crippen LogP contribution in [0, 0.1) is 6.92 Å². The summed E-state index contributed by atoms with van der Waals surface area (Å²) < 4.78 is 6.24. The number of esters is 1. The summed E-state index contributed by atoms with van der Waals surface area (Å²) in [5, 5.41) is 3.02. The van der Waals surface area contributed by atoms with Crippen LogP contribution in [-0.4, -0.2) is 54.1 Å². The molecule has 1 saturated heterocycles. The van der Waals surface area contributed by atoms with Gasteiger partial charge in [0.15, 0.2) is 0 Å². The van der Waals surface area contributed by atoms with E-state index in [1.54, 1.807) is 19.2 Å². The van der Waals surface area contributed by atoms with Gasteiger partial charge in [0.05, 0.1) is 13.7 Å². The summed E-state index contributed by atoms with van der Waals surface area (Å²) in [6.07, 6.45) is 3.16. The van der Waals surface area contributed by atoms with Crippen LogP contribution < -0.4 is 10.9 Å². The molecule has 7 nitrogen and oxygen atoms in total. The number of aryl methyl sites for hydroxylation is 1. The molecule has 0 atom stereocenters. The number of carbonyl (C=O) groups excluding carboxylic acids is 2. The largest absolute Gasteiger partial charge is 0.468 e. The monoisotopic (exact) mass is 425 g/mol. The van der Waals surface area contributed by atoms with Crippen LogP contribution in [0.1, 0.15) is 54.1 Å². The van der Waals surface area contributed by atoms with Crippen molar-refractivity contribution in [2.45, 2.75) is 45.6 Å². The molecule has 166 valence electrons. The van der Waals surface area contributed by atoms with Gasteiger partial charge in [0, 0.05) is 31.0 Å². The summed E-state index contributed by atoms with van der Waals surface area (Å²) in [6.45, 7) is 7.64. The van der Waals surface area contributed by atoms with Gasteiger partial charge in [-0.2, -0.15) is 0 Å². The van der Waals surface area contributed by atoms with Crippen LogP contribution >= 0.6 is 0 Å². The van der Waals surface area contributed by atoms with Gasteiger partial charge in [0.2, 0.25) is 0 Å². The highest BCUT2D eigenvalue weighted by molar-refractivity contribution is 5.95. The van der Waals surface area contributed by atoms with E-state index >= 15 is 0 Å². The quantitative estimate of drug-likeness (QED) is 0.720. The van der Waals surface area contributed by atoms with E-state index in [1.807, 2.05) is 29.2 Å². The van der Waals surface area contributed by atoms with Crippen LogP contribution in [0.25, 0.3) is 5.69 Å². The molecule has 0 unspecified atom stereocenters. The number of pyridine rings is 1. The Morgan fingerprint density at radius 2 is 1.90 bits per heavy atom. The van der Waals surface area contributed by atoms with Crippen molar-refractivity contribution in [1.29, 1.82) is 0 Å². The zero-order chi connectivity index (χ0) is 22.5. The van der Waals surface area contributed by atoms with Crippen molar-refractivity contribution in [2.24, 2.45) is 0 Å². The maximum absolute atomic E-state index is 13.2. The first-order valence-electron chi connectivity index (χ1n) is 10.7. The molecule has 2 heterocycles. The van der Waals surface area contributed by atoms with Gasteiger partial charge in [0.1, 0.15) is 5.56 Å². The molecule has 31 heavy (non-hydrogen) atoms. The first-order valence-corrected chi connectivity index (χ1v) is 10.7. The Hall–Kier alpha value is -2.93. The first-order chi connectivity index (χ1) is 14.8. The van der Waals surface area contributed by atoms with Crippen molar-refractivity contribution in [2.75, 3.05) is 26.7 Å². The number of nitrogens with one attached hydrogen (secondary N) is 1. The van der Waals surface area contributed by atoms with Gasteiger partial charge in [0.25, 0.3) is 11.5 Å². The molecule has 1 fully saturated rings. The molecule has 1 N–H and O–H groups in total. The Morgan fingerprint density at radius 1 is 1.19 bits per heavy atom. The van der Waals surface area contributed by atoms with E-state index in [9.17, 15) is 14.4 Å². The molecule has 0 bridgehead atoms. The number of aromatic nitrogens is 1. The SMILES string of the molecule is COC(=O)CN1CCC(NC(=O)c2c(C)ccn(-c3cccc(C(C)C)c3)c2=O)CC1. The standard InChI is InChI=1S/C24H31N3O4/c1-16(2)18-6-5-7-20(14-18)27-13-8-17(3)22(24(27)30)23(29)25-19-9-11-26(12-10-19)15-21(28)31-4/h5-8,13-14,16,19H,9-12,15H2,1-4H3,(H,25,29). The second kappa shape index (κ2) is 9.92. The lowest BCUT2D eigenvalue weighted by atomic mass is 10.0. The van der Waals surface area contributed by atoms with Gasteiger partial charge < -0.3 is 10.1 Å². The summed E-state index contributed by atoms with van der Waals surface area (Å²) >= 11 is 0. The molecule has 7 heteroatoms. The zero-order valence-corrected chi connectivity index (χ0v) is 18.7. The van der Waals surface area contributed by atoms with Gasteiger partial charge in [-0.3, -0.25) is 23.9 Å². The van der Waals surface area contributed by atoms with E-state index < -0.39 is 0 Å². The number of hydrogen-bond acceptors (Lipinski definition) is 5. The van der Waals surface area contributed by atoms with Gasteiger partial charge in [-0.25, -0.2) is 0 Å². The number of hydrogen-bond donors (Lipinski definition) is 1. The second-order valence-electron chi connectivity index (χ2n) is 8.40. The Balaban J connectivity index is 1.75. The van der Waals surface area contributed by atoms with Gasteiger partial charge in [-0.15, -0.1) is 0 Å². The molecule has 3 rings (SSSR count). The molecule has 1 aliphatic heterocycles. The molecular formula is C24H31N3O4. The molecule has 2 aromatic rings. The number of piperidine rings is 1. The third-order valence-electron chi connectivity index (χ3n) is 5.85. The van der Waals surface area contributed by atoms with E-state index in [0.717, 1.165) is 24.1 Å². The zero-order valence-electron chi connectivity index (χ0n) is 18.7. The second-order valence-corrected chi connectivity index (χ2v) is 8.40. The molecule has 1 aromatic heterocycles. The average molecular weight is 426 g/mol. The van der Waals surface area contributed by atoms with Crippen molar-refractivity contribution in [3.63, 3.8) is 0 Å². The average Bonchev–Trinajstić information content (AvgIpc) is 2.75. The summed E-state index contributed by atoms with van der Waals surface area (Å²) in [6, 6.07) is 9.60. The molecule has 1 aromatic carbocycles. The minimum Gasteiger partial charge on any atom is -0.468 e. The van der Waals surface area contributed by atoms with Crippen LogP contribution in [0.4, 0.5) is 0 Å². The summed E-state index contributed by atoms with van der Waals surface area (Å²) in [7, 11) is 1.38. The number of benzene rings is 1. The highest BCUT2D eigenvalue weighted by Crippen LogP contribution is 2.18. The molecule has 0 saturated carbocycles. The van der Waals surface area contributed by atoms with E-state index in [2.05, 4.69) is 19.2 Å². The third kappa shape index (κ3) is 5.41. The van der Waals surface area contributed by atoms with Crippen LogP contribution in [0.3, 0.4) is 0 Å². The highest BCUT2D eigenvalue weighted by Gasteiger charge is 2.24. The lowest BCUT2D eigenvalue weighted by Crippen LogP contribution is -2.47. The Bertz CT molecular complexity index is 1000. The number of amides is 1. The number of nitrogens with zero attached hydrogens (tertiary/aromatic N) is 2. The predicted molar refractivity (Wildman–Crippen MR) is 120 cm³/mol. The Morgan fingerprint density at radius 3 is 2.55 bits per heavy atom. The van der Waals surface area contributed by atoms with E-state index in [4.69, 9.17) is 4.74 Å². The van der Waals surface area contributed by atoms with Crippen LogP contribution in [0.15, 0.2) is 41.3 Å². The smallest absolute Gasteiger partial charge is 0.319 e. The normalized spacial score (nSPS) is 15.1. The first kappa shape index (κ1) is 22.7. The third-order valence-corrected chi connectivity index (χ3v) is 5.85. The molecular weight excluding hydrogens is 394 g/mol. The van der Waals surface area contributed by atoms with Crippen molar-refractivity contribution >= 4 is 11.9 Å². The fourth-order valence-electron chi connectivity index (χ4n) is 3.88. The van der Waals surface area contributed by atoms with E-state index in [0.29, 0.717) is 24.6 Å². The maximum atomic E-state index is 13.2.